The Morgan fingerprint density at radius 3 is 2.64 bits per heavy atom. The number of rotatable bonds is 1. The Hall–Kier alpha value is -0.540. The maximum atomic E-state index is 5.97. The molecule has 0 unspecified atom stereocenters. The van der Waals surface area contributed by atoms with Gasteiger partial charge in [-0.15, -0.1) is 0 Å². The van der Waals surface area contributed by atoms with Gasteiger partial charge < -0.3 is 5.73 Å². The second-order valence-corrected chi connectivity index (χ2v) is 3.53. The Balaban J connectivity index is 2.50. The number of hydrogen-bond donors (Lipinski definition) is 2. The molecule has 1 fully saturated rings. The molecule has 1 aliphatic rings. The molecule has 60 valence electrons. The van der Waals surface area contributed by atoms with Gasteiger partial charge in [-0.05, 0) is 19.8 Å². The van der Waals surface area contributed by atoms with E-state index in [1.807, 2.05) is 6.92 Å². The zero-order valence-corrected chi connectivity index (χ0v) is 7.07. The van der Waals surface area contributed by atoms with Crippen LogP contribution in [0.25, 0.3) is 0 Å². The van der Waals surface area contributed by atoms with E-state index >= 15 is 0 Å². The van der Waals surface area contributed by atoms with Gasteiger partial charge in [-0.2, -0.15) is 5.10 Å². The summed E-state index contributed by atoms with van der Waals surface area (Å²) < 4.78 is 0. The van der Waals surface area contributed by atoms with E-state index in [1.165, 1.54) is 0 Å². The average molecular weight is 172 g/mol. The summed E-state index contributed by atoms with van der Waals surface area (Å²) in [6, 6.07) is 0. The third kappa shape index (κ3) is 0.957. The topological polar surface area (TPSA) is 54.7 Å². The quantitative estimate of drug-likeness (QED) is 0.670. The summed E-state index contributed by atoms with van der Waals surface area (Å²) in [5.41, 5.74) is 7.79. The molecule has 0 radical (unpaired) electrons. The van der Waals surface area contributed by atoms with Gasteiger partial charge in [-0.25, -0.2) is 0 Å². The number of aryl methyl sites for hydroxylation is 1. The second-order valence-electron chi connectivity index (χ2n) is 3.17. The van der Waals surface area contributed by atoms with E-state index in [2.05, 4.69) is 10.2 Å². The Kier molecular flexibility index (Phi) is 1.29. The fourth-order valence-corrected chi connectivity index (χ4v) is 1.74. The van der Waals surface area contributed by atoms with Crippen LogP contribution in [0.15, 0.2) is 0 Å². The fraction of sp³-hybridized carbons (Fsp3) is 0.571. The van der Waals surface area contributed by atoms with Gasteiger partial charge >= 0.3 is 0 Å². The number of aromatic amines is 1. The molecule has 0 atom stereocenters. The van der Waals surface area contributed by atoms with Crippen LogP contribution in [0, 0.1) is 6.92 Å². The lowest BCUT2D eigenvalue weighted by atomic mass is 10.1. The summed E-state index contributed by atoms with van der Waals surface area (Å²) in [4.78, 5) is 0. The molecule has 0 saturated heterocycles. The highest BCUT2D eigenvalue weighted by Gasteiger charge is 2.43. The van der Waals surface area contributed by atoms with Crippen molar-refractivity contribution in [1.29, 1.82) is 0 Å². The normalized spacial score (nSPS) is 20.3. The fourth-order valence-electron chi connectivity index (χ4n) is 1.36. The van der Waals surface area contributed by atoms with E-state index in [0.717, 1.165) is 24.1 Å². The molecule has 1 aromatic rings. The molecular formula is C7H10ClN3. The van der Waals surface area contributed by atoms with E-state index < -0.39 is 0 Å². The van der Waals surface area contributed by atoms with E-state index in [-0.39, 0.29) is 5.54 Å². The van der Waals surface area contributed by atoms with Crippen molar-refractivity contribution < 1.29 is 0 Å². The molecule has 0 amide bonds. The van der Waals surface area contributed by atoms with Crippen LogP contribution in [-0.4, -0.2) is 10.2 Å². The van der Waals surface area contributed by atoms with Crippen LogP contribution in [0.5, 0.6) is 0 Å². The van der Waals surface area contributed by atoms with E-state index in [1.54, 1.807) is 0 Å². The molecule has 3 nitrogen and oxygen atoms in total. The van der Waals surface area contributed by atoms with Crippen molar-refractivity contribution in [2.45, 2.75) is 25.3 Å². The Bertz CT molecular complexity index is 268. The van der Waals surface area contributed by atoms with Crippen molar-refractivity contribution in [2.24, 2.45) is 5.73 Å². The number of hydrogen-bond acceptors (Lipinski definition) is 2. The van der Waals surface area contributed by atoms with Gasteiger partial charge in [0.25, 0.3) is 0 Å². The molecule has 1 saturated carbocycles. The van der Waals surface area contributed by atoms with Crippen LogP contribution >= 0.6 is 11.6 Å². The van der Waals surface area contributed by atoms with Crippen LogP contribution in [-0.2, 0) is 5.54 Å². The maximum absolute atomic E-state index is 5.97. The first-order valence-electron chi connectivity index (χ1n) is 3.63. The number of halogens is 1. The highest BCUT2D eigenvalue weighted by atomic mass is 35.5. The van der Waals surface area contributed by atoms with E-state index in [4.69, 9.17) is 17.3 Å². The number of H-pyrrole nitrogens is 1. The lowest BCUT2D eigenvalue weighted by Gasteiger charge is -2.06. The number of nitrogens with two attached hydrogens (primary N) is 1. The van der Waals surface area contributed by atoms with Crippen LogP contribution in [0.3, 0.4) is 0 Å². The second kappa shape index (κ2) is 1.99. The SMILES string of the molecule is Cc1[nH]nc(Cl)c1C1(N)CC1. The molecule has 1 heterocycles. The molecule has 1 aromatic heterocycles. The predicted octanol–water partition coefficient (Wildman–Crippen LogP) is 1.32. The van der Waals surface area contributed by atoms with Crippen molar-refractivity contribution in [1.82, 2.24) is 10.2 Å². The van der Waals surface area contributed by atoms with Crippen molar-refractivity contribution in [3.05, 3.63) is 16.4 Å². The largest absolute Gasteiger partial charge is 0.321 e. The average Bonchev–Trinajstić information content (AvgIpc) is 2.56. The summed E-state index contributed by atoms with van der Waals surface area (Å²) in [5, 5.41) is 7.23. The first-order chi connectivity index (χ1) is 5.13. The molecule has 2 rings (SSSR count). The van der Waals surface area contributed by atoms with Gasteiger partial charge in [-0.3, -0.25) is 5.10 Å². The molecule has 3 N–H and O–H groups in total. The minimum absolute atomic E-state index is 0.172. The van der Waals surface area contributed by atoms with Gasteiger partial charge in [0.1, 0.15) is 0 Å². The summed E-state index contributed by atoms with van der Waals surface area (Å²) in [7, 11) is 0. The van der Waals surface area contributed by atoms with Gasteiger partial charge in [0.2, 0.25) is 0 Å². The number of nitrogens with one attached hydrogen (secondary N) is 1. The summed E-state index contributed by atoms with van der Waals surface area (Å²) in [5.74, 6) is 0. The molecular weight excluding hydrogens is 162 g/mol. The number of nitrogens with zero attached hydrogens (tertiary/aromatic N) is 1. The van der Waals surface area contributed by atoms with Crippen LogP contribution < -0.4 is 5.73 Å². The van der Waals surface area contributed by atoms with Crippen LogP contribution in [0.4, 0.5) is 0 Å². The predicted molar refractivity (Wildman–Crippen MR) is 43.4 cm³/mol. The zero-order valence-electron chi connectivity index (χ0n) is 6.32. The Morgan fingerprint density at radius 1 is 1.64 bits per heavy atom. The lowest BCUT2D eigenvalue weighted by Crippen LogP contribution is -2.19. The highest BCUT2D eigenvalue weighted by Crippen LogP contribution is 2.46. The monoisotopic (exact) mass is 171 g/mol. The molecule has 0 aliphatic heterocycles. The minimum Gasteiger partial charge on any atom is -0.321 e. The van der Waals surface area contributed by atoms with E-state index in [0.29, 0.717) is 5.15 Å². The third-order valence-corrected chi connectivity index (χ3v) is 2.46. The first kappa shape index (κ1) is 7.13. The van der Waals surface area contributed by atoms with Gasteiger partial charge in [0.15, 0.2) is 5.15 Å². The lowest BCUT2D eigenvalue weighted by molar-refractivity contribution is 0.734. The van der Waals surface area contributed by atoms with Crippen molar-refractivity contribution in [3.8, 4) is 0 Å². The number of aromatic nitrogens is 2. The van der Waals surface area contributed by atoms with Gasteiger partial charge in [0, 0.05) is 16.8 Å². The molecule has 0 aromatic carbocycles. The van der Waals surface area contributed by atoms with Crippen LogP contribution in [0.2, 0.25) is 5.15 Å². The molecule has 11 heavy (non-hydrogen) atoms. The zero-order chi connectivity index (χ0) is 8.06. The summed E-state index contributed by atoms with van der Waals surface area (Å²) in [6.07, 6.45) is 2.04. The Morgan fingerprint density at radius 2 is 2.27 bits per heavy atom. The first-order valence-corrected chi connectivity index (χ1v) is 4.01. The molecule has 1 aliphatic carbocycles. The third-order valence-electron chi connectivity index (χ3n) is 2.19. The smallest absolute Gasteiger partial charge is 0.156 e. The molecule has 4 heteroatoms. The van der Waals surface area contributed by atoms with Gasteiger partial charge in [-0.1, -0.05) is 11.6 Å². The minimum atomic E-state index is -0.172. The highest BCUT2D eigenvalue weighted by molar-refractivity contribution is 6.30. The maximum Gasteiger partial charge on any atom is 0.156 e. The standard InChI is InChI=1S/C7H10ClN3/c1-4-5(6(8)11-10-4)7(9)2-3-7/h2-3,9H2,1H3,(H,10,11). The van der Waals surface area contributed by atoms with Crippen LogP contribution in [0.1, 0.15) is 24.1 Å². The summed E-state index contributed by atoms with van der Waals surface area (Å²) >= 11 is 5.85. The molecule has 0 bridgehead atoms. The van der Waals surface area contributed by atoms with Crippen molar-refractivity contribution in [2.75, 3.05) is 0 Å². The van der Waals surface area contributed by atoms with E-state index in [9.17, 15) is 0 Å². The Labute approximate surface area is 69.9 Å². The summed E-state index contributed by atoms with van der Waals surface area (Å²) in [6.45, 7) is 1.95. The van der Waals surface area contributed by atoms with Gasteiger partial charge in [0.05, 0.1) is 0 Å². The van der Waals surface area contributed by atoms with Crippen molar-refractivity contribution in [3.63, 3.8) is 0 Å². The molecule has 0 spiro atoms. The van der Waals surface area contributed by atoms with Crippen molar-refractivity contribution >= 4 is 11.6 Å².